The summed E-state index contributed by atoms with van der Waals surface area (Å²) in [5, 5.41) is 0. The number of hydrogen-bond donors (Lipinski definition) is 2. The molecular weight excluding hydrogens is 504 g/mol. The summed E-state index contributed by atoms with van der Waals surface area (Å²) in [4.78, 5) is 44.9. The molecule has 0 aliphatic carbocycles. The Hall–Kier alpha value is -2.63. The maximum Gasteiger partial charge on any atom is 0.259 e. The Balaban J connectivity index is 2.14. The molecule has 2 N–H and O–H groups in total. The van der Waals surface area contributed by atoms with E-state index in [2.05, 4.69) is 25.9 Å². The first-order valence-electron chi connectivity index (χ1n) is 9.50. The van der Waals surface area contributed by atoms with Crippen LogP contribution in [0.15, 0.2) is 38.3 Å². The fraction of sp³-hybridized carbons (Fsp3) is 0.250. The molecule has 1 aliphatic heterocycles. The van der Waals surface area contributed by atoms with Gasteiger partial charge in [0, 0.05) is 23.1 Å². The molecule has 0 atom stereocenters. The number of aromatic nitrogens is 4. The Morgan fingerprint density at radius 3 is 2.00 bits per heavy atom. The van der Waals surface area contributed by atoms with Gasteiger partial charge in [0.2, 0.25) is 11.8 Å². The Morgan fingerprint density at radius 2 is 1.55 bits per heavy atom. The lowest BCUT2D eigenvalue weighted by molar-refractivity contribution is 0.0966. The van der Waals surface area contributed by atoms with Crippen molar-refractivity contribution in [1.82, 2.24) is 19.1 Å². The van der Waals surface area contributed by atoms with Gasteiger partial charge in [0.1, 0.15) is 0 Å². The standard InChI is InChI=1S/C20H17BrN4O4S2/c1-3-24-17-12(15(27)22-19(24)30)11(14(26)9-6-5-7-10(21)8-9)13-16(28)23-20(31)25(4-2)18(13)29-17/h5-8,11H,3-4H2,1-2H3,(H,22,27,30)(H,23,28,31). The summed E-state index contributed by atoms with van der Waals surface area (Å²) >= 11 is 13.9. The Morgan fingerprint density at radius 1 is 1.03 bits per heavy atom. The number of H-pyrrole nitrogens is 2. The third-order valence-electron chi connectivity index (χ3n) is 5.15. The summed E-state index contributed by atoms with van der Waals surface area (Å²) in [6.07, 6.45) is 0. The van der Waals surface area contributed by atoms with Crippen molar-refractivity contribution in [3.8, 4) is 11.8 Å². The molecular formula is C20H17BrN4O4S2. The van der Waals surface area contributed by atoms with E-state index in [1.807, 2.05) is 13.8 Å². The van der Waals surface area contributed by atoms with E-state index < -0.39 is 22.8 Å². The number of benzene rings is 1. The van der Waals surface area contributed by atoms with Gasteiger partial charge in [-0.25, -0.2) is 0 Å². The molecule has 0 saturated heterocycles. The second-order valence-electron chi connectivity index (χ2n) is 6.85. The van der Waals surface area contributed by atoms with Crippen LogP contribution in [0.2, 0.25) is 0 Å². The molecule has 1 aromatic carbocycles. The van der Waals surface area contributed by atoms with Gasteiger partial charge >= 0.3 is 0 Å². The molecule has 0 bridgehead atoms. The zero-order valence-electron chi connectivity index (χ0n) is 16.5. The molecule has 0 fully saturated rings. The van der Waals surface area contributed by atoms with Crippen LogP contribution in [0.3, 0.4) is 0 Å². The van der Waals surface area contributed by atoms with Gasteiger partial charge in [-0.15, -0.1) is 0 Å². The number of hydrogen-bond acceptors (Lipinski definition) is 6. The van der Waals surface area contributed by atoms with Crippen LogP contribution < -0.4 is 15.9 Å². The minimum Gasteiger partial charge on any atom is -0.423 e. The molecule has 0 unspecified atom stereocenters. The van der Waals surface area contributed by atoms with Crippen molar-refractivity contribution in [3.63, 3.8) is 0 Å². The lowest BCUT2D eigenvalue weighted by Gasteiger charge is -2.29. The molecule has 31 heavy (non-hydrogen) atoms. The quantitative estimate of drug-likeness (QED) is 0.397. The highest BCUT2D eigenvalue weighted by molar-refractivity contribution is 9.10. The molecule has 160 valence electrons. The molecule has 0 radical (unpaired) electrons. The van der Waals surface area contributed by atoms with E-state index in [1.54, 1.807) is 33.4 Å². The summed E-state index contributed by atoms with van der Waals surface area (Å²) in [5.41, 5.74) is -0.730. The zero-order chi connectivity index (χ0) is 22.4. The largest absolute Gasteiger partial charge is 0.423 e. The van der Waals surface area contributed by atoms with Gasteiger partial charge < -0.3 is 4.74 Å². The van der Waals surface area contributed by atoms with Crippen LogP contribution in [0.25, 0.3) is 0 Å². The van der Waals surface area contributed by atoms with Crippen LogP contribution in [-0.2, 0) is 13.1 Å². The number of carbonyl (C=O) groups is 1. The van der Waals surface area contributed by atoms with Gasteiger partial charge in [-0.1, -0.05) is 28.1 Å². The van der Waals surface area contributed by atoms with Crippen LogP contribution in [0, 0.1) is 9.54 Å². The summed E-state index contributed by atoms with van der Waals surface area (Å²) in [7, 11) is 0. The molecule has 3 aromatic rings. The number of nitrogens with zero attached hydrogens (tertiary/aromatic N) is 2. The highest BCUT2D eigenvalue weighted by Gasteiger charge is 2.41. The molecule has 0 spiro atoms. The van der Waals surface area contributed by atoms with Gasteiger partial charge in [0.15, 0.2) is 15.3 Å². The van der Waals surface area contributed by atoms with Gasteiger partial charge in [-0.05, 0) is 50.4 Å². The minimum atomic E-state index is -1.19. The predicted octanol–water partition coefficient (Wildman–Crippen LogP) is 4.05. The first kappa shape index (κ1) is 21.6. The van der Waals surface area contributed by atoms with Crippen molar-refractivity contribution in [2.75, 3.05) is 0 Å². The number of nitrogens with one attached hydrogen (secondary N) is 2. The fourth-order valence-corrected chi connectivity index (χ4v) is 4.75. The van der Waals surface area contributed by atoms with E-state index >= 15 is 0 Å². The molecule has 1 aliphatic rings. The first-order valence-corrected chi connectivity index (χ1v) is 11.1. The highest BCUT2D eigenvalue weighted by Crippen LogP contribution is 2.42. The minimum absolute atomic E-state index is 0.0400. The average molecular weight is 521 g/mol. The van der Waals surface area contributed by atoms with Crippen LogP contribution >= 0.6 is 40.4 Å². The number of aromatic amines is 2. The second-order valence-corrected chi connectivity index (χ2v) is 8.54. The van der Waals surface area contributed by atoms with Crippen LogP contribution in [0.5, 0.6) is 11.8 Å². The maximum absolute atomic E-state index is 13.7. The average Bonchev–Trinajstić information content (AvgIpc) is 2.72. The van der Waals surface area contributed by atoms with Crippen molar-refractivity contribution in [1.29, 1.82) is 0 Å². The molecule has 0 saturated carbocycles. The van der Waals surface area contributed by atoms with E-state index in [4.69, 9.17) is 29.2 Å². The van der Waals surface area contributed by atoms with Gasteiger partial charge in [0.05, 0.1) is 17.0 Å². The topological polar surface area (TPSA) is 102 Å². The second kappa shape index (κ2) is 8.13. The third kappa shape index (κ3) is 3.46. The number of ether oxygens (including phenoxy) is 1. The molecule has 2 aromatic heterocycles. The predicted molar refractivity (Wildman–Crippen MR) is 124 cm³/mol. The van der Waals surface area contributed by atoms with E-state index in [-0.39, 0.29) is 32.4 Å². The molecule has 3 heterocycles. The Kier molecular flexibility index (Phi) is 5.67. The monoisotopic (exact) mass is 520 g/mol. The van der Waals surface area contributed by atoms with Crippen molar-refractivity contribution in [2.24, 2.45) is 0 Å². The molecule has 8 nitrogen and oxygen atoms in total. The molecule has 11 heteroatoms. The van der Waals surface area contributed by atoms with Crippen molar-refractivity contribution >= 4 is 46.1 Å². The summed E-state index contributed by atoms with van der Waals surface area (Å²) < 4.78 is 10.3. The summed E-state index contributed by atoms with van der Waals surface area (Å²) in [5.74, 6) is -1.33. The number of fused-ring (bicyclic) bond motifs is 2. The van der Waals surface area contributed by atoms with E-state index in [0.717, 1.165) is 0 Å². The number of halogens is 1. The van der Waals surface area contributed by atoms with E-state index in [9.17, 15) is 14.4 Å². The van der Waals surface area contributed by atoms with Crippen molar-refractivity contribution < 1.29 is 9.53 Å². The fourth-order valence-electron chi connectivity index (χ4n) is 3.74. The Labute approximate surface area is 194 Å². The smallest absolute Gasteiger partial charge is 0.259 e. The van der Waals surface area contributed by atoms with E-state index in [0.29, 0.717) is 23.1 Å². The third-order valence-corrected chi connectivity index (χ3v) is 6.28. The van der Waals surface area contributed by atoms with Gasteiger partial charge in [0.25, 0.3) is 11.1 Å². The molecule has 4 rings (SSSR count). The SMILES string of the molecule is CCn1c2c(c(=O)[nH]c1=S)C(C(=O)c1cccc(Br)c1)c1c(n(CC)c(=S)[nH]c1=O)O2. The zero-order valence-corrected chi connectivity index (χ0v) is 19.7. The van der Waals surface area contributed by atoms with Crippen LogP contribution in [0.4, 0.5) is 0 Å². The Bertz CT molecular complexity index is 1390. The maximum atomic E-state index is 13.7. The number of carbonyl (C=O) groups excluding carboxylic acids is 1. The number of rotatable bonds is 4. The first-order chi connectivity index (χ1) is 14.8. The number of ketones is 1. The van der Waals surface area contributed by atoms with Crippen molar-refractivity contribution in [3.05, 3.63) is 75.7 Å². The lowest BCUT2D eigenvalue weighted by Crippen LogP contribution is -2.36. The summed E-state index contributed by atoms with van der Waals surface area (Å²) in [6, 6.07) is 6.77. The van der Waals surface area contributed by atoms with Gasteiger partial charge in [-0.3, -0.25) is 33.5 Å². The van der Waals surface area contributed by atoms with Crippen LogP contribution in [-0.4, -0.2) is 24.9 Å². The van der Waals surface area contributed by atoms with E-state index in [1.165, 1.54) is 0 Å². The highest BCUT2D eigenvalue weighted by atomic mass is 79.9. The number of Topliss-reactive ketones (excluding diaryl/α,β-unsaturated/α-hetero) is 1. The normalized spacial score (nSPS) is 12.7. The van der Waals surface area contributed by atoms with Gasteiger partial charge in [-0.2, -0.15) is 0 Å². The molecule has 0 amide bonds. The van der Waals surface area contributed by atoms with Crippen LogP contribution in [0.1, 0.15) is 41.3 Å². The lowest BCUT2D eigenvalue weighted by atomic mass is 9.85. The summed E-state index contributed by atoms with van der Waals surface area (Å²) in [6.45, 7) is 4.45. The van der Waals surface area contributed by atoms with Crippen molar-refractivity contribution in [2.45, 2.75) is 32.9 Å².